The lowest BCUT2D eigenvalue weighted by atomic mass is 10.4. The summed E-state index contributed by atoms with van der Waals surface area (Å²) >= 11 is 8.81. The van der Waals surface area contributed by atoms with Gasteiger partial charge in [0.25, 0.3) is 0 Å². The molecule has 0 aliphatic carbocycles. The molecule has 2 aromatic heterocycles. The lowest BCUT2D eigenvalue weighted by molar-refractivity contribution is 0.111. The average molecular weight is 277 g/mol. The summed E-state index contributed by atoms with van der Waals surface area (Å²) in [5, 5.41) is 0.0614. The maximum Gasteiger partial charge on any atom is 0.170 e. The van der Waals surface area contributed by atoms with Crippen LogP contribution in [-0.2, 0) is 0 Å². The molecular formula is C8H3BrClFN2O. The Morgan fingerprint density at radius 1 is 1.64 bits per heavy atom. The number of pyridine rings is 1. The number of hydrogen-bond donors (Lipinski definition) is 0. The SMILES string of the molecule is O=Cc1c(Cl)nc2c(Br)cc(F)cn12. The smallest absolute Gasteiger partial charge is 0.170 e. The number of imidazole rings is 1. The van der Waals surface area contributed by atoms with E-state index in [1.54, 1.807) is 0 Å². The number of carbonyl (C=O) groups is 1. The molecule has 0 amide bonds. The van der Waals surface area contributed by atoms with Gasteiger partial charge in [-0.05, 0) is 22.0 Å². The van der Waals surface area contributed by atoms with Crippen LogP contribution in [0.5, 0.6) is 0 Å². The number of fused-ring (bicyclic) bond motifs is 1. The van der Waals surface area contributed by atoms with Gasteiger partial charge in [-0.1, -0.05) is 11.6 Å². The highest BCUT2D eigenvalue weighted by Gasteiger charge is 2.12. The van der Waals surface area contributed by atoms with Gasteiger partial charge in [0.2, 0.25) is 0 Å². The van der Waals surface area contributed by atoms with E-state index >= 15 is 0 Å². The molecule has 0 saturated carbocycles. The number of aromatic nitrogens is 2. The summed E-state index contributed by atoms with van der Waals surface area (Å²) in [5.74, 6) is -0.471. The van der Waals surface area contributed by atoms with E-state index in [1.165, 1.54) is 10.5 Å². The van der Waals surface area contributed by atoms with E-state index < -0.39 is 5.82 Å². The number of rotatable bonds is 1. The molecule has 0 fully saturated rings. The molecule has 0 aromatic carbocycles. The van der Waals surface area contributed by atoms with Gasteiger partial charge in [-0.25, -0.2) is 9.37 Å². The molecule has 0 aliphatic rings. The minimum absolute atomic E-state index is 0.0614. The predicted octanol–water partition coefficient (Wildman–Crippen LogP) is 2.70. The number of nitrogens with zero attached hydrogens (tertiary/aromatic N) is 2. The molecule has 0 bridgehead atoms. The molecule has 72 valence electrons. The fraction of sp³-hybridized carbons (Fsp3) is 0. The molecule has 2 rings (SSSR count). The fourth-order valence-electron chi connectivity index (χ4n) is 1.17. The monoisotopic (exact) mass is 276 g/mol. The highest BCUT2D eigenvalue weighted by molar-refractivity contribution is 9.10. The average Bonchev–Trinajstić information content (AvgIpc) is 2.41. The second kappa shape index (κ2) is 3.33. The van der Waals surface area contributed by atoms with Crippen LogP contribution in [0.2, 0.25) is 5.15 Å². The zero-order valence-electron chi connectivity index (χ0n) is 6.67. The van der Waals surface area contributed by atoms with Gasteiger partial charge in [-0.3, -0.25) is 9.20 Å². The van der Waals surface area contributed by atoms with Crippen LogP contribution in [0.25, 0.3) is 5.65 Å². The molecule has 6 heteroatoms. The molecule has 0 aliphatic heterocycles. The van der Waals surface area contributed by atoms with Crippen molar-refractivity contribution in [2.45, 2.75) is 0 Å². The third-order valence-electron chi connectivity index (χ3n) is 1.75. The Morgan fingerprint density at radius 3 is 3.00 bits per heavy atom. The van der Waals surface area contributed by atoms with Crippen LogP contribution in [0, 0.1) is 5.82 Å². The standard InChI is InChI=1S/C8H3BrClFN2O/c9-5-1-4(11)2-13-6(3-14)7(10)12-8(5)13/h1-3H. The van der Waals surface area contributed by atoms with Crippen LogP contribution in [0.15, 0.2) is 16.7 Å². The quantitative estimate of drug-likeness (QED) is 0.751. The highest BCUT2D eigenvalue weighted by Crippen LogP contribution is 2.23. The lowest BCUT2D eigenvalue weighted by Gasteiger charge is -1.97. The Bertz CT molecular complexity index is 526. The molecule has 3 nitrogen and oxygen atoms in total. The minimum atomic E-state index is -0.471. The topological polar surface area (TPSA) is 34.4 Å². The van der Waals surface area contributed by atoms with Crippen molar-refractivity contribution >= 4 is 39.5 Å². The van der Waals surface area contributed by atoms with Gasteiger partial charge in [-0.2, -0.15) is 0 Å². The number of carbonyl (C=O) groups excluding carboxylic acids is 1. The number of hydrogen-bond acceptors (Lipinski definition) is 2. The van der Waals surface area contributed by atoms with Crippen LogP contribution in [0.4, 0.5) is 4.39 Å². The fourth-order valence-corrected chi connectivity index (χ4v) is 1.88. The lowest BCUT2D eigenvalue weighted by Crippen LogP contribution is -1.93. The minimum Gasteiger partial charge on any atom is -0.296 e. The maximum absolute atomic E-state index is 13.0. The summed E-state index contributed by atoms with van der Waals surface area (Å²) in [7, 11) is 0. The first-order valence-corrected chi connectivity index (χ1v) is 4.78. The van der Waals surface area contributed by atoms with Crippen LogP contribution < -0.4 is 0 Å². The van der Waals surface area contributed by atoms with Crippen molar-refractivity contribution in [2.75, 3.05) is 0 Å². The van der Waals surface area contributed by atoms with Crippen LogP contribution in [0.3, 0.4) is 0 Å². The molecule has 0 saturated heterocycles. The zero-order chi connectivity index (χ0) is 10.3. The summed E-state index contributed by atoms with van der Waals surface area (Å²) in [6, 6.07) is 1.26. The Hall–Kier alpha value is -0.940. The van der Waals surface area contributed by atoms with Gasteiger partial charge >= 0.3 is 0 Å². The van der Waals surface area contributed by atoms with Crippen molar-refractivity contribution in [1.82, 2.24) is 9.38 Å². The third-order valence-corrected chi connectivity index (χ3v) is 2.61. The first-order chi connectivity index (χ1) is 6.63. The van der Waals surface area contributed by atoms with E-state index in [1.807, 2.05) is 0 Å². The predicted molar refractivity (Wildman–Crippen MR) is 53.2 cm³/mol. The Morgan fingerprint density at radius 2 is 2.36 bits per heavy atom. The van der Waals surface area contributed by atoms with Crippen LogP contribution in [0.1, 0.15) is 10.5 Å². The third kappa shape index (κ3) is 1.33. The Kier molecular flexibility index (Phi) is 2.28. The summed E-state index contributed by atoms with van der Waals surface area (Å²) in [5.41, 5.74) is 0.556. The van der Waals surface area contributed by atoms with Gasteiger partial charge in [0.1, 0.15) is 11.5 Å². The zero-order valence-corrected chi connectivity index (χ0v) is 9.01. The summed E-state index contributed by atoms with van der Waals surface area (Å²) in [6.45, 7) is 0. The molecule has 0 atom stereocenters. The maximum atomic E-state index is 13.0. The first-order valence-electron chi connectivity index (χ1n) is 3.61. The molecule has 2 aromatic rings. The van der Waals surface area contributed by atoms with Gasteiger partial charge in [0, 0.05) is 6.20 Å². The molecule has 14 heavy (non-hydrogen) atoms. The van der Waals surface area contributed by atoms with Crippen LogP contribution >= 0.6 is 27.5 Å². The molecular weight excluding hydrogens is 274 g/mol. The molecule has 0 unspecified atom stereocenters. The number of halogens is 3. The first kappa shape index (κ1) is 9.61. The van der Waals surface area contributed by atoms with Crippen molar-refractivity contribution in [2.24, 2.45) is 0 Å². The van der Waals surface area contributed by atoms with E-state index in [4.69, 9.17) is 11.6 Å². The van der Waals surface area contributed by atoms with Gasteiger partial charge in [-0.15, -0.1) is 0 Å². The molecule has 0 radical (unpaired) electrons. The van der Waals surface area contributed by atoms with Gasteiger partial charge in [0.15, 0.2) is 17.1 Å². The summed E-state index contributed by atoms with van der Waals surface area (Å²) in [4.78, 5) is 14.6. The second-order valence-electron chi connectivity index (χ2n) is 2.61. The van der Waals surface area contributed by atoms with E-state index in [0.717, 1.165) is 6.20 Å². The number of aldehydes is 1. The largest absolute Gasteiger partial charge is 0.296 e. The normalized spacial score (nSPS) is 10.8. The van der Waals surface area contributed by atoms with Crippen molar-refractivity contribution in [3.63, 3.8) is 0 Å². The molecule has 0 N–H and O–H groups in total. The summed E-state index contributed by atoms with van der Waals surface area (Å²) < 4.78 is 14.7. The van der Waals surface area contributed by atoms with Gasteiger partial charge in [0.05, 0.1) is 4.47 Å². The van der Waals surface area contributed by atoms with Crippen molar-refractivity contribution in [1.29, 1.82) is 0 Å². The van der Waals surface area contributed by atoms with E-state index in [-0.39, 0.29) is 10.8 Å². The van der Waals surface area contributed by atoms with Crippen LogP contribution in [-0.4, -0.2) is 15.7 Å². The Balaban J connectivity index is 2.94. The second-order valence-corrected chi connectivity index (χ2v) is 3.82. The Labute approximate surface area is 91.6 Å². The molecule has 0 spiro atoms. The van der Waals surface area contributed by atoms with Gasteiger partial charge < -0.3 is 0 Å². The van der Waals surface area contributed by atoms with Crippen molar-refractivity contribution in [3.8, 4) is 0 Å². The van der Waals surface area contributed by atoms with E-state index in [0.29, 0.717) is 16.4 Å². The molecule has 2 heterocycles. The highest BCUT2D eigenvalue weighted by atomic mass is 79.9. The summed E-state index contributed by atoms with van der Waals surface area (Å²) in [6.07, 6.45) is 1.69. The van der Waals surface area contributed by atoms with Crippen molar-refractivity contribution < 1.29 is 9.18 Å². The van der Waals surface area contributed by atoms with Crippen molar-refractivity contribution in [3.05, 3.63) is 33.4 Å². The van der Waals surface area contributed by atoms with E-state index in [9.17, 15) is 9.18 Å². The van der Waals surface area contributed by atoms with E-state index in [2.05, 4.69) is 20.9 Å².